The second-order valence-corrected chi connectivity index (χ2v) is 7.78. The van der Waals surface area contributed by atoms with Crippen molar-refractivity contribution in [3.8, 4) is 11.3 Å². The number of aromatic nitrogens is 2. The van der Waals surface area contributed by atoms with E-state index >= 15 is 0 Å². The second-order valence-electron chi connectivity index (χ2n) is 6.93. The topological polar surface area (TPSA) is 37.5 Å². The number of halogens is 1. The van der Waals surface area contributed by atoms with Gasteiger partial charge >= 0.3 is 0 Å². The van der Waals surface area contributed by atoms with Gasteiger partial charge in [0, 0.05) is 16.2 Å². The summed E-state index contributed by atoms with van der Waals surface area (Å²) in [5.74, 6) is 0. The highest BCUT2D eigenvalue weighted by Crippen LogP contribution is 2.29. The number of pyridine rings is 1. The van der Waals surface area contributed by atoms with Crippen LogP contribution < -0.4 is 0 Å². The lowest BCUT2D eigenvalue weighted by atomic mass is 9.86. The van der Waals surface area contributed by atoms with Crippen molar-refractivity contribution in [2.75, 3.05) is 0 Å². The van der Waals surface area contributed by atoms with Gasteiger partial charge in [-0.2, -0.15) is 0 Å². The van der Waals surface area contributed by atoms with Crippen LogP contribution in [0.5, 0.6) is 0 Å². The van der Waals surface area contributed by atoms with Crippen LogP contribution in [0.25, 0.3) is 16.9 Å². The number of fused-ring (bicyclic) bond motifs is 1. The summed E-state index contributed by atoms with van der Waals surface area (Å²) in [5, 5.41) is 9.83. The summed E-state index contributed by atoms with van der Waals surface area (Å²) in [6.45, 7) is 8.59. The third-order valence-electron chi connectivity index (χ3n) is 4.18. The van der Waals surface area contributed by atoms with Gasteiger partial charge in [0.1, 0.15) is 5.65 Å². The van der Waals surface area contributed by atoms with Crippen molar-refractivity contribution in [1.82, 2.24) is 9.38 Å². The minimum absolute atomic E-state index is 0.0486. The fourth-order valence-electron chi connectivity index (χ4n) is 2.72. The van der Waals surface area contributed by atoms with E-state index in [1.54, 1.807) is 0 Å². The van der Waals surface area contributed by atoms with Gasteiger partial charge in [0.2, 0.25) is 0 Å². The predicted molar refractivity (Wildman–Crippen MR) is 97.7 cm³/mol. The molecule has 0 saturated heterocycles. The average molecular weight is 373 g/mol. The quantitative estimate of drug-likeness (QED) is 0.697. The van der Waals surface area contributed by atoms with Crippen molar-refractivity contribution < 1.29 is 5.11 Å². The minimum atomic E-state index is -0.0486. The Morgan fingerprint density at radius 1 is 1.17 bits per heavy atom. The fraction of sp³-hybridized carbons (Fsp3) is 0.316. The molecule has 0 saturated carbocycles. The predicted octanol–water partition coefficient (Wildman–Crippen LogP) is 4.86. The third kappa shape index (κ3) is 2.93. The Kier molecular flexibility index (Phi) is 4.07. The number of hydrogen-bond acceptors (Lipinski definition) is 2. The third-order valence-corrected chi connectivity index (χ3v) is 5.01. The summed E-state index contributed by atoms with van der Waals surface area (Å²) in [6.07, 6.45) is 1.97. The lowest BCUT2D eigenvalue weighted by Gasteiger charge is -2.19. The Bertz CT molecular complexity index is 858. The van der Waals surface area contributed by atoms with Gasteiger partial charge < -0.3 is 5.11 Å². The molecule has 0 unspecified atom stereocenters. The average Bonchev–Trinajstić information content (AvgIpc) is 2.84. The van der Waals surface area contributed by atoms with E-state index in [1.165, 1.54) is 5.56 Å². The number of benzene rings is 1. The monoisotopic (exact) mass is 372 g/mol. The van der Waals surface area contributed by atoms with E-state index < -0.39 is 0 Å². The molecule has 0 aliphatic heterocycles. The molecule has 0 spiro atoms. The van der Waals surface area contributed by atoms with Gasteiger partial charge in [0.15, 0.2) is 0 Å². The van der Waals surface area contributed by atoms with Gasteiger partial charge in [-0.25, -0.2) is 4.98 Å². The van der Waals surface area contributed by atoms with Gasteiger partial charge in [-0.1, -0.05) is 45.0 Å². The smallest absolute Gasteiger partial charge is 0.138 e. The summed E-state index contributed by atoms with van der Waals surface area (Å²) in [6, 6.07) is 10.5. The largest absolute Gasteiger partial charge is 0.390 e. The van der Waals surface area contributed by atoms with Crippen LogP contribution in [0.4, 0.5) is 0 Å². The van der Waals surface area contributed by atoms with Gasteiger partial charge in [0.05, 0.1) is 18.0 Å². The number of aliphatic hydroxyl groups excluding tert-OH is 1. The summed E-state index contributed by atoms with van der Waals surface area (Å²) in [7, 11) is 0. The molecule has 1 N–H and O–H groups in total. The molecule has 0 atom stereocenters. The maximum absolute atomic E-state index is 9.83. The Hall–Kier alpha value is -1.65. The lowest BCUT2D eigenvalue weighted by Crippen LogP contribution is -2.10. The lowest BCUT2D eigenvalue weighted by molar-refractivity contribution is 0.276. The standard InChI is InChI=1S/C19H21BrN2O/c1-12-9-17-21-18(16(11-23)22(17)10-15(12)20)13-5-7-14(8-6-13)19(2,3)4/h5-10,23H,11H2,1-4H3. The number of nitrogens with zero attached hydrogens (tertiary/aromatic N) is 2. The number of rotatable bonds is 2. The highest BCUT2D eigenvalue weighted by molar-refractivity contribution is 9.10. The molecular formula is C19H21BrN2O. The van der Waals surface area contributed by atoms with Crippen LogP contribution in [0.15, 0.2) is 41.0 Å². The first-order valence-corrected chi connectivity index (χ1v) is 8.49. The molecule has 3 rings (SSSR count). The van der Waals surface area contributed by atoms with E-state index in [1.807, 2.05) is 23.6 Å². The van der Waals surface area contributed by atoms with Gasteiger partial charge in [-0.3, -0.25) is 4.40 Å². The first kappa shape index (κ1) is 16.2. The Labute approximate surface area is 145 Å². The van der Waals surface area contributed by atoms with Crippen LogP contribution in [-0.2, 0) is 12.0 Å². The molecule has 0 aliphatic rings. The first-order valence-electron chi connectivity index (χ1n) is 7.70. The van der Waals surface area contributed by atoms with Crippen LogP contribution in [-0.4, -0.2) is 14.5 Å². The molecule has 0 amide bonds. The number of aryl methyl sites for hydroxylation is 1. The van der Waals surface area contributed by atoms with Crippen LogP contribution >= 0.6 is 15.9 Å². The molecule has 0 bridgehead atoms. The highest BCUT2D eigenvalue weighted by Gasteiger charge is 2.17. The zero-order valence-electron chi connectivity index (χ0n) is 13.9. The first-order chi connectivity index (χ1) is 10.8. The van der Waals surface area contributed by atoms with Crippen LogP contribution in [0.3, 0.4) is 0 Å². The molecule has 3 aromatic rings. The molecule has 0 radical (unpaired) electrons. The second kappa shape index (κ2) is 5.77. The minimum Gasteiger partial charge on any atom is -0.390 e. The molecule has 120 valence electrons. The fourth-order valence-corrected chi connectivity index (χ4v) is 3.04. The zero-order valence-corrected chi connectivity index (χ0v) is 15.5. The van der Waals surface area contributed by atoms with E-state index in [-0.39, 0.29) is 12.0 Å². The van der Waals surface area contributed by atoms with Crippen LogP contribution in [0, 0.1) is 6.92 Å². The summed E-state index contributed by atoms with van der Waals surface area (Å²) >= 11 is 3.55. The van der Waals surface area contributed by atoms with E-state index in [0.717, 1.165) is 32.6 Å². The van der Waals surface area contributed by atoms with Gasteiger partial charge in [-0.05, 0) is 45.5 Å². The van der Waals surface area contributed by atoms with E-state index in [4.69, 9.17) is 4.98 Å². The van der Waals surface area contributed by atoms with Crippen molar-refractivity contribution in [1.29, 1.82) is 0 Å². The van der Waals surface area contributed by atoms with Crippen molar-refractivity contribution in [3.05, 3.63) is 57.8 Å². The van der Waals surface area contributed by atoms with Crippen molar-refractivity contribution in [2.45, 2.75) is 39.7 Å². The molecule has 23 heavy (non-hydrogen) atoms. The molecule has 3 nitrogen and oxygen atoms in total. The van der Waals surface area contributed by atoms with Crippen LogP contribution in [0.2, 0.25) is 0 Å². The number of aliphatic hydroxyl groups is 1. The van der Waals surface area contributed by atoms with E-state index in [9.17, 15) is 5.11 Å². The van der Waals surface area contributed by atoms with Gasteiger partial charge in [-0.15, -0.1) is 0 Å². The SMILES string of the molecule is Cc1cc2nc(-c3ccc(C(C)(C)C)cc3)c(CO)n2cc1Br. The molecule has 1 aromatic carbocycles. The number of hydrogen-bond donors (Lipinski definition) is 1. The summed E-state index contributed by atoms with van der Waals surface area (Å²) < 4.78 is 2.95. The Balaban J connectivity index is 2.16. The number of imidazole rings is 1. The molecule has 2 heterocycles. The van der Waals surface area contributed by atoms with Crippen molar-refractivity contribution in [3.63, 3.8) is 0 Å². The Morgan fingerprint density at radius 2 is 1.83 bits per heavy atom. The van der Waals surface area contributed by atoms with E-state index in [0.29, 0.717) is 0 Å². The van der Waals surface area contributed by atoms with E-state index in [2.05, 4.69) is 61.0 Å². The molecule has 2 aromatic heterocycles. The molecular weight excluding hydrogens is 352 g/mol. The highest BCUT2D eigenvalue weighted by atomic mass is 79.9. The van der Waals surface area contributed by atoms with Crippen molar-refractivity contribution >= 4 is 21.6 Å². The normalized spacial score (nSPS) is 12.1. The van der Waals surface area contributed by atoms with Crippen molar-refractivity contribution in [2.24, 2.45) is 0 Å². The molecule has 4 heteroatoms. The summed E-state index contributed by atoms with van der Waals surface area (Å²) in [5.41, 5.74) is 6.06. The maximum Gasteiger partial charge on any atom is 0.138 e. The maximum atomic E-state index is 9.83. The zero-order chi connectivity index (χ0) is 16.8. The van der Waals surface area contributed by atoms with Crippen LogP contribution in [0.1, 0.15) is 37.6 Å². The molecule has 0 fully saturated rings. The Morgan fingerprint density at radius 3 is 2.39 bits per heavy atom. The van der Waals surface area contributed by atoms with Gasteiger partial charge in [0.25, 0.3) is 0 Å². The summed E-state index contributed by atoms with van der Waals surface area (Å²) in [4.78, 5) is 4.73. The molecule has 0 aliphatic carbocycles.